The van der Waals surface area contributed by atoms with Gasteiger partial charge in [-0.2, -0.15) is 0 Å². The Balaban J connectivity index is 2.03. The Morgan fingerprint density at radius 2 is 1.95 bits per heavy atom. The van der Waals surface area contributed by atoms with E-state index in [0.717, 1.165) is 6.61 Å². The van der Waals surface area contributed by atoms with Crippen molar-refractivity contribution in [1.29, 1.82) is 0 Å². The molecule has 1 saturated carbocycles. The molecule has 0 N–H and O–H groups in total. The Hall–Kier alpha value is -1.12. The second-order valence-electron chi connectivity index (χ2n) is 7.30. The second-order valence-corrected chi connectivity index (χ2v) is 7.30. The van der Waals surface area contributed by atoms with Crippen molar-refractivity contribution in [2.75, 3.05) is 13.7 Å². The van der Waals surface area contributed by atoms with Gasteiger partial charge in [-0.05, 0) is 36.7 Å². The Bertz CT molecular complexity index is 478. The van der Waals surface area contributed by atoms with E-state index in [1.165, 1.54) is 24.0 Å². The fourth-order valence-electron chi connectivity index (χ4n) is 3.87. The molecular formula is C20H30O2. The standard InChI is InChI=1S/C20H30O2/c1-15(2)17-11-12-20(3,4)19(21-5)18(17)14-22-13-16-9-7-6-8-10-16/h6-10,17-19H,1,11-14H2,2-5H3/t17-,18-,19+/m0/s1. The Morgan fingerprint density at radius 3 is 2.55 bits per heavy atom. The number of methoxy groups -OCH3 is 1. The van der Waals surface area contributed by atoms with Crippen LogP contribution in [0.4, 0.5) is 0 Å². The van der Waals surface area contributed by atoms with Gasteiger partial charge in [0.1, 0.15) is 0 Å². The maximum absolute atomic E-state index is 6.04. The first-order chi connectivity index (χ1) is 10.5. The Labute approximate surface area is 135 Å². The summed E-state index contributed by atoms with van der Waals surface area (Å²) in [5, 5.41) is 0. The van der Waals surface area contributed by atoms with Gasteiger partial charge in [-0.3, -0.25) is 0 Å². The molecular weight excluding hydrogens is 272 g/mol. The molecule has 1 aromatic rings. The predicted octanol–water partition coefficient (Wildman–Crippen LogP) is 4.85. The lowest BCUT2D eigenvalue weighted by atomic mass is 9.63. The van der Waals surface area contributed by atoms with E-state index in [-0.39, 0.29) is 11.5 Å². The largest absolute Gasteiger partial charge is 0.381 e. The molecule has 0 aromatic heterocycles. The van der Waals surface area contributed by atoms with Crippen LogP contribution in [0.15, 0.2) is 42.5 Å². The van der Waals surface area contributed by atoms with E-state index in [1.54, 1.807) is 0 Å². The van der Waals surface area contributed by atoms with Gasteiger partial charge in [0.05, 0.1) is 19.3 Å². The molecule has 0 aliphatic heterocycles. The summed E-state index contributed by atoms with van der Waals surface area (Å²) in [6, 6.07) is 10.4. The number of hydrogen-bond acceptors (Lipinski definition) is 2. The van der Waals surface area contributed by atoms with E-state index in [1.807, 2.05) is 13.2 Å². The van der Waals surface area contributed by atoms with E-state index in [4.69, 9.17) is 9.47 Å². The predicted molar refractivity (Wildman–Crippen MR) is 91.7 cm³/mol. The van der Waals surface area contributed by atoms with Crippen molar-refractivity contribution in [2.45, 2.75) is 46.3 Å². The number of allylic oxidation sites excluding steroid dienone is 1. The SMILES string of the molecule is C=C(C)[C@@H]1CCC(C)(C)[C@H](OC)[C@H]1COCc1ccccc1. The van der Waals surface area contributed by atoms with Crippen LogP contribution in [0.25, 0.3) is 0 Å². The molecule has 0 amide bonds. The van der Waals surface area contributed by atoms with Crippen LogP contribution in [0.1, 0.15) is 39.2 Å². The molecule has 0 bridgehead atoms. The summed E-state index contributed by atoms with van der Waals surface area (Å²) >= 11 is 0. The maximum Gasteiger partial charge on any atom is 0.0717 e. The Morgan fingerprint density at radius 1 is 1.27 bits per heavy atom. The minimum atomic E-state index is 0.196. The molecule has 1 aliphatic rings. The first-order valence-electron chi connectivity index (χ1n) is 8.25. The second kappa shape index (κ2) is 7.43. The number of hydrogen-bond donors (Lipinski definition) is 0. The highest BCUT2D eigenvalue weighted by molar-refractivity contribution is 5.13. The van der Waals surface area contributed by atoms with Crippen molar-refractivity contribution in [3.63, 3.8) is 0 Å². The third-order valence-corrected chi connectivity index (χ3v) is 5.08. The van der Waals surface area contributed by atoms with Crippen LogP contribution >= 0.6 is 0 Å². The van der Waals surface area contributed by atoms with Crippen LogP contribution in [-0.4, -0.2) is 19.8 Å². The molecule has 3 atom stereocenters. The lowest BCUT2D eigenvalue weighted by molar-refractivity contribution is -0.104. The molecule has 1 aromatic carbocycles. The molecule has 122 valence electrons. The third-order valence-electron chi connectivity index (χ3n) is 5.08. The van der Waals surface area contributed by atoms with Gasteiger partial charge in [-0.15, -0.1) is 0 Å². The van der Waals surface area contributed by atoms with Gasteiger partial charge in [-0.1, -0.05) is 56.3 Å². The average Bonchev–Trinajstić information content (AvgIpc) is 2.47. The van der Waals surface area contributed by atoms with E-state index in [0.29, 0.717) is 18.4 Å². The summed E-state index contributed by atoms with van der Waals surface area (Å²) in [5.41, 5.74) is 2.67. The van der Waals surface area contributed by atoms with Crippen LogP contribution in [0.3, 0.4) is 0 Å². The van der Waals surface area contributed by atoms with E-state index >= 15 is 0 Å². The normalized spacial score (nSPS) is 27.5. The topological polar surface area (TPSA) is 18.5 Å². The summed E-state index contributed by atoms with van der Waals surface area (Å²) < 4.78 is 11.9. The molecule has 0 spiro atoms. The highest BCUT2D eigenvalue weighted by Gasteiger charge is 2.44. The fourth-order valence-corrected chi connectivity index (χ4v) is 3.87. The minimum Gasteiger partial charge on any atom is -0.381 e. The zero-order valence-electron chi connectivity index (χ0n) is 14.5. The van der Waals surface area contributed by atoms with Crippen molar-refractivity contribution in [3.05, 3.63) is 48.0 Å². The van der Waals surface area contributed by atoms with Crippen LogP contribution < -0.4 is 0 Å². The molecule has 0 unspecified atom stereocenters. The molecule has 0 heterocycles. The van der Waals surface area contributed by atoms with Gasteiger partial charge in [0, 0.05) is 13.0 Å². The zero-order chi connectivity index (χ0) is 16.2. The van der Waals surface area contributed by atoms with Crippen LogP contribution in [-0.2, 0) is 16.1 Å². The van der Waals surface area contributed by atoms with Gasteiger partial charge in [0.2, 0.25) is 0 Å². The number of ether oxygens (including phenoxy) is 2. The van der Waals surface area contributed by atoms with Gasteiger partial charge >= 0.3 is 0 Å². The first-order valence-corrected chi connectivity index (χ1v) is 8.25. The van der Waals surface area contributed by atoms with E-state index in [9.17, 15) is 0 Å². The summed E-state index contributed by atoms with van der Waals surface area (Å²) in [4.78, 5) is 0. The highest BCUT2D eigenvalue weighted by Crippen LogP contribution is 2.45. The monoisotopic (exact) mass is 302 g/mol. The molecule has 0 saturated heterocycles. The van der Waals surface area contributed by atoms with Gasteiger partial charge in [0.15, 0.2) is 0 Å². The Kier molecular flexibility index (Phi) is 5.82. The summed E-state index contributed by atoms with van der Waals surface area (Å²) in [6.45, 7) is 12.3. The van der Waals surface area contributed by atoms with Crippen LogP contribution in [0, 0.1) is 17.3 Å². The van der Waals surface area contributed by atoms with Crippen LogP contribution in [0.5, 0.6) is 0 Å². The quantitative estimate of drug-likeness (QED) is 0.700. The number of rotatable bonds is 6. The van der Waals surface area contributed by atoms with Crippen molar-refractivity contribution in [1.82, 2.24) is 0 Å². The minimum absolute atomic E-state index is 0.196. The molecule has 22 heavy (non-hydrogen) atoms. The lowest BCUT2D eigenvalue weighted by Gasteiger charge is -2.47. The molecule has 0 radical (unpaired) electrons. The van der Waals surface area contributed by atoms with Gasteiger partial charge in [-0.25, -0.2) is 0 Å². The summed E-state index contributed by atoms with van der Waals surface area (Å²) in [5.74, 6) is 0.878. The molecule has 2 heteroatoms. The van der Waals surface area contributed by atoms with Crippen molar-refractivity contribution in [3.8, 4) is 0 Å². The third kappa shape index (κ3) is 3.99. The van der Waals surface area contributed by atoms with Gasteiger partial charge in [0.25, 0.3) is 0 Å². The fraction of sp³-hybridized carbons (Fsp3) is 0.600. The lowest BCUT2D eigenvalue weighted by Crippen LogP contribution is -2.47. The van der Waals surface area contributed by atoms with Crippen molar-refractivity contribution >= 4 is 0 Å². The molecule has 2 rings (SSSR count). The van der Waals surface area contributed by atoms with Crippen molar-refractivity contribution < 1.29 is 9.47 Å². The maximum atomic E-state index is 6.04. The summed E-state index contributed by atoms with van der Waals surface area (Å²) in [6.07, 6.45) is 2.58. The van der Waals surface area contributed by atoms with E-state index < -0.39 is 0 Å². The van der Waals surface area contributed by atoms with Crippen LogP contribution in [0.2, 0.25) is 0 Å². The average molecular weight is 302 g/mol. The van der Waals surface area contributed by atoms with Gasteiger partial charge < -0.3 is 9.47 Å². The highest BCUT2D eigenvalue weighted by atomic mass is 16.5. The molecule has 2 nitrogen and oxygen atoms in total. The smallest absolute Gasteiger partial charge is 0.0717 e. The summed E-state index contributed by atoms with van der Waals surface area (Å²) in [7, 11) is 1.83. The van der Waals surface area contributed by atoms with Crippen molar-refractivity contribution in [2.24, 2.45) is 17.3 Å². The number of benzene rings is 1. The zero-order valence-corrected chi connectivity index (χ0v) is 14.5. The first kappa shape index (κ1) is 17.2. The molecule has 1 fully saturated rings. The molecule has 1 aliphatic carbocycles. The van der Waals surface area contributed by atoms with E-state index in [2.05, 4.69) is 51.6 Å².